The SMILES string of the molecule is NC(=O)CN1C(=O)C(NC(=O)[C@H](c2ccc(F)cc2)[C@@H](O)c2ccc(Cl)c(Cl)c2)N=C(c2ccccc2)c2ccccc21. The Bertz CT molecular complexity index is 1720. The van der Waals surface area contributed by atoms with Crippen molar-refractivity contribution >= 4 is 52.3 Å². The van der Waals surface area contributed by atoms with E-state index in [0.29, 0.717) is 22.5 Å². The van der Waals surface area contributed by atoms with E-state index < -0.39 is 48.3 Å². The maximum atomic E-state index is 14.0. The van der Waals surface area contributed by atoms with E-state index in [4.69, 9.17) is 28.9 Å². The minimum atomic E-state index is -1.52. The molecule has 1 aliphatic rings. The number of aliphatic hydroxyl groups excluding tert-OH is 1. The van der Waals surface area contributed by atoms with Gasteiger partial charge in [-0.2, -0.15) is 0 Å². The molecule has 8 nitrogen and oxygen atoms in total. The second kappa shape index (κ2) is 12.7. The fourth-order valence-electron chi connectivity index (χ4n) is 4.93. The number of benzene rings is 4. The average Bonchev–Trinajstić information content (AvgIpc) is 3.10. The number of primary amides is 1. The van der Waals surface area contributed by atoms with Crippen molar-refractivity contribution in [2.75, 3.05) is 11.4 Å². The molecule has 4 aromatic rings. The number of carbonyl (C=O) groups excluding carboxylic acids is 3. The van der Waals surface area contributed by atoms with Gasteiger partial charge in [0.15, 0.2) is 0 Å². The Labute approximate surface area is 256 Å². The number of halogens is 3. The summed E-state index contributed by atoms with van der Waals surface area (Å²) in [6, 6.07) is 25.4. The predicted octanol–water partition coefficient (Wildman–Crippen LogP) is 4.76. The first-order valence-corrected chi connectivity index (χ1v) is 13.9. The Kier molecular flexibility index (Phi) is 8.86. The van der Waals surface area contributed by atoms with E-state index in [1.807, 2.05) is 6.07 Å². The van der Waals surface area contributed by atoms with Crippen LogP contribution in [0.25, 0.3) is 0 Å². The number of para-hydroxylation sites is 1. The first kappa shape index (κ1) is 29.9. The van der Waals surface area contributed by atoms with Crippen LogP contribution in [0.5, 0.6) is 0 Å². The molecule has 218 valence electrons. The summed E-state index contributed by atoms with van der Waals surface area (Å²) in [7, 11) is 0. The third-order valence-corrected chi connectivity index (χ3v) is 7.70. The number of aliphatic imine (C=N–C) groups is 1. The normalized spacial score (nSPS) is 16.0. The molecular weight excluding hydrogens is 594 g/mol. The molecule has 4 aromatic carbocycles. The standard InChI is InChI=1S/C32H25Cl2FN4O4/c33-23-15-12-20(16-24(23)34)29(41)27(18-10-13-21(35)14-11-18)31(42)38-30-32(43)39(17-26(36)40)25-9-5-4-8-22(25)28(37-30)19-6-2-1-3-7-19/h1-16,27,29-30,41H,17H2,(H2,36,40)(H,38,42)/t27-,29+,30?/m1/s1. The van der Waals surface area contributed by atoms with Crippen LogP contribution >= 0.6 is 23.2 Å². The molecule has 0 saturated carbocycles. The Morgan fingerprint density at radius 3 is 2.26 bits per heavy atom. The smallest absolute Gasteiger partial charge is 0.272 e. The van der Waals surface area contributed by atoms with Gasteiger partial charge in [-0.3, -0.25) is 19.3 Å². The molecule has 1 aliphatic heterocycles. The molecule has 3 atom stereocenters. The highest BCUT2D eigenvalue weighted by molar-refractivity contribution is 6.42. The van der Waals surface area contributed by atoms with E-state index in [1.54, 1.807) is 48.5 Å². The lowest BCUT2D eigenvalue weighted by Gasteiger charge is -2.27. The Morgan fingerprint density at radius 1 is 0.930 bits per heavy atom. The summed E-state index contributed by atoms with van der Waals surface area (Å²) in [5.74, 6) is -4.13. The Morgan fingerprint density at radius 2 is 1.58 bits per heavy atom. The highest BCUT2D eigenvalue weighted by Gasteiger charge is 2.37. The van der Waals surface area contributed by atoms with Crippen molar-refractivity contribution in [2.45, 2.75) is 18.2 Å². The molecule has 0 saturated heterocycles. The van der Waals surface area contributed by atoms with Gasteiger partial charge in [-0.15, -0.1) is 0 Å². The van der Waals surface area contributed by atoms with Gasteiger partial charge in [0.25, 0.3) is 5.91 Å². The number of nitrogens with two attached hydrogens (primary N) is 1. The van der Waals surface area contributed by atoms with Crippen LogP contribution < -0.4 is 16.0 Å². The van der Waals surface area contributed by atoms with Crippen LogP contribution in [0, 0.1) is 5.82 Å². The lowest BCUT2D eigenvalue weighted by molar-refractivity contribution is -0.130. The van der Waals surface area contributed by atoms with Crippen LogP contribution in [-0.4, -0.2) is 41.3 Å². The third kappa shape index (κ3) is 6.44. The number of nitrogens with one attached hydrogen (secondary N) is 1. The van der Waals surface area contributed by atoms with Gasteiger partial charge in [0.1, 0.15) is 12.4 Å². The monoisotopic (exact) mass is 618 g/mol. The van der Waals surface area contributed by atoms with Crippen molar-refractivity contribution in [1.29, 1.82) is 0 Å². The Balaban J connectivity index is 1.60. The maximum absolute atomic E-state index is 14.0. The zero-order valence-electron chi connectivity index (χ0n) is 22.5. The number of hydrogen-bond donors (Lipinski definition) is 3. The van der Waals surface area contributed by atoms with Gasteiger partial charge in [0, 0.05) is 11.1 Å². The van der Waals surface area contributed by atoms with E-state index in [2.05, 4.69) is 10.3 Å². The zero-order valence-corrected chi connectivity index (χ0v) is 24.0. The molecule has 3 amide bonds. The molecular formula is C32H25Cl2FN4O4. The molecule has 0 aliphatic carbocycles. The second-order valence-corrected chi connectivity index (χ2v) is 10.6. The van der Waals surface area contributed by atoms with Gasteiger partial charge in [0.2, 0.25) is 18.0 Å². The lowest BCUT2D eigenvalue weighted by atomic mass is 9.88. The molecule has 0 bridgehead atoms. The van der Waals surface area contributed by atoms with E-state index in [-0.39, 0.29) is 21.2 Å². The number of fused-ring (bicyclic) bond motifs is 1. The van der Waals surface area contributed by atoms with E-state index in [9.17, 15) is 23.9 Å². The van der Waals surface area contributed by atoms with Crippen LogP contribution in [0.4, 0.5) is 10.1 Å². The van der Waals surface area contributed by atoms with Crippen LogP contribution in [0.3, 0.4) is 0 Å². The minimum Gasteiger partial charge on any atom is -0.387 e. The summed E-state index contributed by atoms with van der Waals surface area (Å²) < 4.78 is 13.8. The number of anilines is 1. The van der Waals surface area contributed by atoms with Crippen molar-refractivity contribution < 1.29 is 23.9 Å². The zero-order chi connectivity index (χ0) is 30.7. The number of carbonyl (C=O) groups is 3. The largest absolute Gasteiger partial charge is 0.387 e. The first-order valence-electron chi connectivity index (χ1n) is 13.1. The van der Waals surface area contributed by atoms with Gasteiger partial charge < -0.3 is 16.2 Å². The van der Waals surface area contributed by atoms with Gasteiger partial charge in [-0.05, 0) is 41.5 Å². The van der Waals surface area contributed by atoms with Crippen LogP contribution in [0.1, 0.15) is 34.3 Å². The van der Waals surface area contributed by atoms with Gasteiger partial charge in [0.05, 0.1) is 33.5 Å². The van der Waals surface area contributed by atoms with Gasteiger partial charge in [-0.1, -0.05) is 89.9 Å². The number of rotatable bonds is 8. The summed E-state index contributed by atoms with van der Waals surface area (Å²) in [6.07, 6.45) is -2.99. The van der Waals surface area contributed by atoms with Crippen molar-refractivity contribution in [3.63, 3.8) is 0 Å². The molecule has 4 N–H and O–H groups in total. The predicted molar refractivity (Wildman–Crippen MR) is 163 cm³/mol. The fourth-order valence-corrected chi connectivity index (χ4v) is 5.24. The highest BCUT2D eigenvalue weighted by atomic mass is 35.5. The van der Waals surface area contributed by atoms with E-state index in [1.165, 1.54) is 35.2 Å². The maximum Gasteiger partial charge on any atom is 0.272 e. The molecule has 0 spiro atoms. The fraction of sp³-hybridized carbons (Fsp3) is 0.125. The molecule has 0 radical (unpaired) electrons. The minimum absolute atomic E-state index is 0.160. The number of aliphatic hydroxyl groups is 1. The number of hydrogen-bond acceptors (Lipinski definition) is 5. The molecule has 11 heteroatoms. The van der Waals surface area contributed by atoms with Gasteiger partial charge in [-0.25, -0.2) is 9.38 Å². The number of benzodiazepines with no additional fused rings is 1. The van der Waals surface area contributed by atoms with Crippen LogP contribution in [0.15, 0.2) is 102 Å². The van der Waals surface area contributed by atoms with Gasteiger partial charge >= 0.3 is 0 Å². The summed E-state index contributed by atoms with van der Waals surface area (Å²) in [6.45, 7) is -0.465. The quantitative estimate of drug-likeness (QED) is 0.263. The molecule has 0 fully saturated rings. The highest BCUT2D eigenvalue weighted by Crippen LogP contribution is 2.35. The van der Waals surface area contributed by atoms with Crippen LogP contribution in [0.2, 0.25) is 10.0 Å². The summed E-state index contributed by atoms with van der Waals surface area (Å²) in [5, 5.41) is 14.5. The number of amides is 3. The van der Waals surface area contributed by atoms with Crippen molar-refractivity contribution in [3.05, 3.63) is 135 Å². The van der Waals surface area contributed by atoms with Crippen LogP contribution in [-0.2, 0) is 14.4 Å². The van der Waals surface area contributed by atoms with Crippen molar-refractivity contribution in [3.8, 4) is 0 Å². The molecule has 1 heterocycles. The molecule has 43 heavy (non-hydrogen) atoms. The summed E-state index contributed by atoms with van der Waals surface area (Å²) in [5.41, 5.74) is 8.03. The summed E-state index contributed by atoms with van der Waals surface area (Å²) >= 11 is 12.2. The van der Waals surface area contributed by atoms with Crippen molar-refractivity contribution in [1.82, 2.24) is 5.32 Å². The molecule has 0 aromatic heterocycles. The topological polar surface area (TPSA) is 125 Å². The van der Waals surface area contributed by atoms with E-state index >= 15 is 0 Å². The second-order valence-electron chi connectivity index (χ2n) is 9.81. The van der Waals surface area contributed by atoms with Crippen molar-refractivity contribution in [2.24, 2.45) is 10.7 Å². The number of nitrogens with zero attached hydrogens (tertiary/aromatic N) is 2. The third-order valence-electron chi connectivity index (χ3n) is 6.96. The first-order chi connectivity index (χ1) is 20.6. The summed E-state index contributed by atoms with van der Waals surface area (Å²) in [4.78, 5) is 45.8. The Hall–Kier alpha value is -4.57. The van der Waals surface area contributed by atoms with E-state index in [0.717, 1.165) is 12.1 Å². The molecule has 1 unspecified atom stereocenters. The average molecular weight is 619 g/mol. The molecule has 5 rings (SSSR count). The lowest BCUT2D eigenvalue weighted by Crippen LogP contribution is -2.51.